The van der Waals surface area contributed by atoms with E-state index in [1.807, 2.05) is 0 Å². The SMILES string of the molecule is NNC(=O)c1ccc(OCn2cc(Cl)cn2)cc1. The van der Waals surface area contributed by atoms with Crippen molar-refractivity contribution in [1.82, 2.24) is 15.2 Å². The molecule has 1 heterocycles. The Labute approximate surface area is 108 Å². The van der Waals surface area contributed by atoms with Crippen LogP contribution in [0, 0.1) is 0 Å². The molecule has 0 aliphatic carbocycles. The van der Waals surface area contributed by atoms with E-state index in [9.17, 15) is 4.79 Å². The Morgan fingerprint density at radius 2 is 2.17 bits per heavy atom. The van der Waals surface area contributed by atoms with Gasteiger partial charge in [-0.05, 0) is 24.3 Å². The first kappa shape index (κ1) is 12.4. The molecule has 0 aliphatic rings. The van der Waals surface area contributed by atoms with Gasteiger partial charge in [0.2, 0.25) is 0 Å². The molecule has 7 heteroatoms. The Balaban J connectivity index is 1.96. The summed E-state index contributed by atoms with van der Waals surface area (Å²) < 4.78 is 7.01. The molecule has 2 aromatic rings. The molecule has 94 valence electrons. The molecule has 0 fully saturated rings. The standard InChI is InChI=1S/C11H11ClN4O2/c12-9-5-14-16(6-9)7-18-10-3-1-8(2-4-10)11(17)15-13/h1-6H,7,13H2,(H,15,17). The van der Waals surface area contributed by atoms with Gasteiger partial charge in [-0.3, -0.25) is 10.2 Å². The lowest BCUT2D eigenvalue weighted by atomic mass is 10.2. The minimum absolute atomic E-state index is 0.245. The average Bonchev–Trinajstić information content (AvgIpc) is 2.82. The van der Waals surface area contributed by atoms with E-state index in [0.29, 0.717) is 16.3 Å². The molecule has 0 aliphatic heterocycles. The molecular weight excluding hydrogens is 256 g/mol. The second-order valence-electron chi connectivity index (χ2n) is 3.47. The zero-order valence-corrected chi connectivity index (χ0v) is 10.1. The van der Waals surface area contributed by atoms with Gasteiger partial charge in [-0.15, -0.1) is 0 Å². The monoisotopic (exact) mass is 266 g/mol. The van der Waals surface area contributed by atoms with Crippen molar-refractivity contribution < 1.29 is 9.53 Å². The Bertz CT molecular complexity index is 538. The number of nitrogens with one attached hydrogen (secondary N) is 1. The molecule has 0 atom stereocenters. The highest BCUT2D eigenvalue weighted by atomic mass is 35.5. The van der Waals surface area contributed by atoms with Crippen LogP contribution in [-0.4, -0.2) is 15.7 Å². The molecule has 6 nitrogen and oxygen atoms in total. The van der Waals surface area contributed by atoms with Crippen molar-refractivity contribution in [3.63, 3.8) is 0 Å². The van der Waals surface area contributed by atoms with Crippen LogP contribution in [0.2, 0.25) is 5.02 Å². The van der Waals surface area contributed by atoms with Gasteiger partial charge in [-0.2, -0.15) is 5.10 Å². The highest BCUT2D eigenvalue weighted by Crippen LogP contribution is 2.13. The lowest BCUT2D eigenvalue weighted by molar-refractivity contribution is 0.0953. The van der Waals surface area contributed by atoms with E-state index in [0.717, 1.165) is 0 Å². The number of benzene rings is 1. The maximum absolute atomic E-state index is 11.2. The Kier molecular flexibility index (Phi) is 3.81. The average molecular weight is 267 g/mol. The number of nitrogen functional groups attached to an aromatic ring is 1. The number of halogens is 1. The van der Waals surface area contributed by atoms with Gasteiger partial charge in [-0.25, -0.2) is 10.5 Å². The van der Waals surface area contributed by atoms with E-state index in [1.165, 1.54) is 6.20 Å². The minimum Gasteiger partial charge on any atom is -0.471 e. The molecule has 3 N–H and O–H groups in total. The molecule has 18 heavy (non-hydrogen) atoms. The molecule has 1 aromatic heterocycles. The summed E-state index contributed by atoms with van der Waals surface area (Å²) >= 11 is 5.72. The topological polar surface area (TPSA) is 82.2 Å². The van der Waals surface area contributed by atoms with Crippen LogP contribution < -0.4 is 16.0 Å². The highest BCUT2D eigenvalue weighted by molar-refractivity contribution is 6.30. The number of hydrogen-bond donors (Lipinski definition) is 2. The van der Waals surface area contributed by atoms with Crippen LogP contribution in [0.15, 0.2) is 36.7 Å². The van der Waals surface area contributed by atoms with E-state index in [-0.39, 0.29) is 12.6 Å². The first-order valence-corrected chi connectivity index (χ1v) is 5.48. The van der Waals surface area contributed by atoms with Crippen molar-refractivity contribution in [2.75, 3.05) is 0 Å². The quantitative estimate of drug-likeness (QED) is 0.495. The van der Waals surface area contributed by atoms with Gasteiger partial charge in [0.25, 0.3) is 5.91 Å². The summed E-state index contributed by atoms with van der Waals surface area (Å²) in [5.41, 5.74) is 2.52. The van der Waals surface area contributed by atoms with Crippen molar-refractivity contribution in [2.24, 2.45) is 5.84 Å². The van der Waals surface area contributed by atoms with Gasteiger partial charge < -0.3 is 4.74 Å². The zero-order valence-electron chi connectivity index (χ0n) is 9.34. The molecule has 2 rings (SSSR count). The molecule has 1 aromatic carbocycles. The predicted molar refractivity (Wildman–Crippen MR) is 66.0 cm³/mol. The second kappa shape index (κ2) is 5.52. The van der Waals surface area contributed by atoms with Crippen LogP contribution in [0.5, 0.6) is 5.75 Å². The number of carbonyl (C=O) groups is 1. The van der Waals surface area contributed by atoms with E-state index >= 15 is 0 Å². The third-order valence-corrected chi connectivity index (χ3v) is 2.41. The third kappa shape index (κ3) is 2.99. The molecule has 0 unspecified atom stereocenters. The maximum atomic E-state index is 11.2. The fourth-order valence-electron chi connectivity index (χ4n) is 1.34. The third-order valence-electron chi connectivity index (χ3n) is 2.21. The first-order valence-electron chi connectivity index (χ1n) is 5.11. The lowest BCUT2D eigenvalue weighted by Crippen LogP contribution is -2.29. The number of amides is 1. The molecule has 0 saturated carbocycles. The summed E-state index contributed by atoms with van der Waals surface area (Å²) in [7, 11) is 0. The number of carbonyl (C=O) groups excluding carboxylic acids is 1. The van der Waals surface area contributed by atoms with Gasteiger partial charge in [0.1, 0.15) is 5.75 Å². The van der Waals surface area contributed by atoms with Crippen molar-refractivity contribution in [2.45, 2.75) is 6.73 Å². The fraction of sp³-hybridized carbons (Fsp3) is 0.0909. The minimum atomic E-state index is -0.347. The maximum Gasteiger partial charge on any atom is 0.265 e. The summed E-state index contributed by atoms with van der Waals surface area (Å²) in [6, 6.07) is 6.59. The number of rotatable bonds is 4. The van der Waals surface area contributed by atoms with Crippen LogP contribution >= 0.6 is 11.6 Å². The van der Waals surface area contributed by atoms with E-state index in [2.05, 4.69) is 10.5 Å². The Morgan fingerprint density at radius 3 is 2.72 bits per heavy atom. The smallest absolute Gasteiger partial charge is 0.265 e. The van der Waals surface area contributed by atoms with E-state index in [4.69, 9.17) is 22.2 Å². The second-order valence-corrected chi connectivity index (χ2v) is 3.91. The van der Waals surface area contributed by atoms with Crippen molar-refractivity contribution in [1.29, 1.82) is 0 Å². The van der Waals surface area contributed by atoms with Gasteiger partial charge in [0, 0.05) is 11.8 Å². The van der Waals surface area contributed by atoms with Crippen LogP contribution in [0.3, 0.4) is 0 Å². The Hall–Kier alpha value is -2.05. The van der Waals surface area contributed by atoms with Crippen molar-refractivity contribution in [3.05, 3.63) is 47.2 Å². The van der Waals surface area contributed by atoms with Gasteiger partial charge in [0.05, 0.1) is 11.2 Å². The predicted octanol–water partition coefficient (Wildman–Crippen LogP) is 1.18. The summed E-state index contributed by atoms with van der Waals surface area (Å²) in [6.45, 7) is 0.245. The summed E-state index contributed by atoms with van der Waals surface area (Å²) in [5.74, 6) is 5.30. The number of hydrogen-bond acceptors (Lipinski definition) is 4. The number of ether oxygens (including phenoxy) is 1. The van der Waals surface area contributed by atoms with Gasteiger partial charge >= 0.3 is 0 Å². The van der Waals surface area contributed by atoms with Gasteiger partial charge in [0.15, 0.2) is 6.73 Å². The van der Waals surface area contributed by atoms with Crippen molar-refractivity contribution in [3.8, 4) is 5.75 Å². The van der Waals surface area contributed by atoms with Crippen LogP contribution in [0.4, 0.5) is 0 Å². The van der Waals surface area contributed by atoms with Crippen LogP contribution in [0.25, 0.3) is 0 Å². The molecule has 0 spiro atoms. The normalized spacial score (nSPS) is 10.1. The molecular formula is C11H11ClN4O2. The molecule has 0 radical (unpaired) electrons. The molecule has 1 amide bonds. The van der Waals surface area contributed by atoms with Crippen LogP contribution in [0.1, 0.15) is 10.4 Å². The zero-order chi connectivity index (χ0) is 13.0. The summed E-state index contributed by atoms with van der Waals surface area (Å²) in [5, 5.41) is 4.52. The first-order chi connectivity index (χ1) is 8.69. The van der Waals surface area contributed by atoms with E-state index in [1.54, 1.807) is 35.1 Å². The fourth-order valence-corrected chi connectivity index (χ4v) is 1.49. The van der Waals surface area contributed by atoms with E-state index < -0.39 is 0 Å². The number of nitrogens with zero attached hydrogens (tertiary/aromatic N) is 2. The summed E-state index contributed by atoms with van der Waals surface area (Å²) in [6.07, 6.45) is 3.18. The Morgan fingerprint density at radius 1 is 1.44 bits per heavy atom. The molecule has 0 bridgehead atoms. The lowest BCUT2D eigenvalue weighted by Gasteiger charge is -2.06. The number of hydrazine groups is 1. The van der Waals surface area contributed by atoms with Crippen molar-refractivity contribution >= 4 is 17.5 Å². The highest BCUT2D eigenvalue weighted by Gasteiger charge is 2.03. The summed E-state index contributed by atoms with van der Waals surface area (Å²) in [4.78, 5) is 11.2. The number of aromatic nitrogens is 2. The molecule has 0 saturated heterocycles. The largest absolute Gasteiger partial charge is 0.471 e. The van der Waals surface area contributed by atoms with Crippen LogP contribution in [-0.2, 0) is 6.73 Å². The van der Waals surface area contributed by atoms with Gasteiger partial charge in [-0.1, -0.05) is 11.6 Å². The number of nitrogens with two attached hydrogens (primary N) is 1.